The summed E-state index contributed by atoms with van der Waals surface area (Å²) < 4.78 is 0. The number of nitrogens with zero attached hydrogens (tertiary/aromatic N) is 4. The van der Waals surface area contributed by atoms with Crippen LogP contribution in [0.25, 0.3) is 11.1 Å². The molecule has 1 unspecified atom stereocenters. The molecule has 1 N–H and O–H groups in total. The summed E-state index contributed by atoms with van der Waals surface area (Å²) in [5, 5.41) is 3.41. The summed E-state index contributed by atoms with van der Waals surface area (Å²) in [4.78, 5) is 15.3. The first kappa shape index (κ1) is 12.0. The maximum absolute atomic E-state index is 4.47. The Bertz CT molecular complexity index is 525. The van der Waals surface area contributed by atoms with E-state index in [-0.39, 0.29) is 0 Å². The smallest absolute Gasteiger partial charge is 0.225 e. The zero-order chi connectivity index (χ0) is 13.1. The number of nitrogens with one attached hydrogen (secondary N) is 1. The van der Waals surface area contributed by atoms with Crippen LogP contribution in [0.3, 0.4) is 0 Å². The Morgan fingerprint density at radius 2 is 2.05 bits per heavy atom. The molecule has 0 bridgehead atoms. The van der Waals surface area contributed by atoms with Crippen molar-refractivity contribution in [2.24, 2.45) is 0 Å². The molecule has 3 heterocycles. The van der Waals surface area contributed by atoms with Crippen LogP contribution in [0.1, 0.15) is 6.92 Å². The summed E-state index contributed by atoms with van der Waals surface area (Å²) in [6.07, 6.45) is 7.32. The molecule has 19 heavy (non-hydrogen) atoms. The maximum atomic E-state index is 4.47. The summed E-state index contributed by atoms with van der Waals surface area (Å²) >= 11 is 0. The molecule has 0 radical (unpaired) electrons. The zero-order valence-corrected chi connectivity index (χ0v) is 11.0. The predicted octanol–water partition coefficient (Wildman–Crippen LogP) is 1.34. The van der Waals surface area contributed by atoms with Gasteiger partial charge >= 0.3 is 0 Å². The van der Waals surface area contributed by atoms with E-state index in [4.69, 9.17) is 0 Å². The molecule has 2 aromatic heterocycles. The largest absolute Gasteiger partial charge is 0.338 e. The van der Waals surface area contributed by atoms with Crippen LogP contribution in [0.5, 0.6) is 0 Å². The topological polar surface area (TPSA) is 53.9 Å². The molecule has 0 saturated carbocycles. The van der Waals surface area contributed by atoms with Gasteiger partial charge in [0, 0.05) is 61.6 Å². The first-order valence-corrected chi connectivity index (χ1v) is 6.54. The molecular weight excluding hydrogens is 238 g/mol. The normalized spacial score (nSPS) is 19.4. The van der Waals surface area contributed by atoms with Crippen molar-refractivity contribution < 1.29 is 0 Å². The van der Waals surface area contributed by atoms with Crippen molar-refractivity contribution in [3.05, 3.63) is 36.9 Å². The van der Waals surface area contributed by atoms with Gasteiger partial charge in [0.2, 0.25) is 5.95 Å². The molecule has 1 aliphatic rings. The van der Waals surface area contributed by atoms with Gasteiger partial charge in [-0.25, -0.2) is 9.97 Å². The molecular formula is C14H17N5. The Balaban J connectivity index is 1.79. The lowest BCUT2D eigenvalue weighted by molar-refractivity contribution is 0.479. The van der Waals surface area contributed by atoms with Gasteiger partial charge in [0.15, 0.2) is 0 Å². The summed E-state index contributed by atoms with van der Waals surface area (Å²) in [7, 11) is 0. The fourth-order valence-electron chi connectivity index (χ4n) is 2.28. The van der Waals surface area contributed by atoms with Gasteiger partial charge < -0.3 is 10.2 Å². The van der Waals surface area contributed by atoms with E-state index in [1.807, 2.05) is 30.7 Å². The third-order valence-electron chi connectivity index (χ3n) is 3.28. The molecule has 0 amide bonds. The molecule has 1 aliphatic heterocycles. The highest BCUT2D eigenvalue weighted by atomic mass is 15.3. The average Bonchev–Trinajstić information content (AvgIpc) is 2.48. The Hall–Kier alpha value is -2.01. The highest BCUT2D eigenvalue weighted by molar-refractivity contribution is 5.60. The van der Waals surface area contributed by atoms with Gasteiger partial charge in [0.05, 0.1) is 0 Å². The number of rotatable bonds is 2. The van der Waals surface area contributed by atoms with Crippen molar-refractivity contribution in [1.29, 1.82) is 0 Å². The molecule has 1 saturated heterocycles. The Morgan fingerprint density at radius 1 is 1.21 bits per heavy atom. The van der Waals surface area contributed by atoms with E-state index in [0.29, 0.717) is 6.04 Å². The van der Waals surface area contributed by atoms with Crippen molar-refractivity contribution in [2.75, 3.05) is 24.5 Å². The fraction of sp³-hybridized carbons (Fsp3) is 0.357. The molecule has 98 valence electrons. The Labute approximate surface area is 112 Å². The van der Waals surface area contributed by atoms with Crippen LogP contribution in [0.2, 0.25) is 0 Å². The van der Waals surface area contributed by atoms with E-state index < -0.39 is 0 Å². The number of pyridine rings is 1. The molecule has 0 aromatic carbocycles. The van der Waals surface area contributed by atoms with Crippen LogP contribution in [0, 0.1) is 0 Å². The minimum absolute atomic E-state index is 0.482. The molecule has 0 spiro atoms. The monoisotopic (exact) mass is 255 g/mol. The van der Waals surface area contributed by atoms with Gasteiger partial charge in [-0.05, 0) is 13.0 Å². The first-order chi connectivity index (χ1) is 9.33. The van der Waals surface area contributed by atoms with E-state index in [1.165, 1.54) is 0 Å². The van der Waals surface area contributed by atoms with E-state index >= 15 is 0 Å². The van der Waals surface area contributed by atoms with Crippen LogP contribution < -0.4 is 10.2 Å². The SMILES string of the molecule is CC1CN(c2ncc(-c3cccnc3)cn2)CCN1. The molecule has 1 fully saturated rings. The van der Waals surface area contributed by atoms with Crippen molar-refractivity contribution in [3.63, 3.8) is 0 Å². The summed E-state index contributed by atoms with van der Waals surface area (Å²) in [6, 6.07) is 4.41. The standard InChI is InChI=1S/C14H17N5/c1-11-10-19(6-5-16-11)14-17-8-13(9-18-14)12-3-2-4-15-7-12/h2-4,7-9,11,16H,5-6,10H2,1H3. The van der Waals surface area contributed by atoms with Crippen LogP contribution >= 0.6 is 0 Å². The van der Waals surface area contributed by atoms with Gasteiger partial charge in [-0.15, -0.1) is 0 Å². The van der Waals surface area contributed by atoms with Crippen molar-refractivity contribution in [2.45, 2.75) is 13.0 Å². The van der Waals surface area contributed by atoms with Crippen molar-refractivity contribution in [3.8, 4) is 11.1 Å². The lowest BCUT2D eigenvalue weighted by Gasteiger charge is -2.31. The third kappa shape index (κ3) is 2.71. The van der Waals surface area contributed by atoms with Crippen LogP contribution in [0.4, 0.5) is 5.95 Å². The first-order valence-electron chi connectivity index (χ1n) is 6.54. The number of hydrogen-bond donors (Lipinski definition) is 1. The van der Waals surface area contributed by atoms with Gasteiger partial charge in [0.25, 0.3) is 0 Å². The second-order valence-corrected chi connectivity index (χ2v) is 4.81. The van der Waals surface area contributed by atoms with Gasteiger partial charge in [-0.3, -0.25) is 4.98 Å². The van der Waals surface area contributed by atoms with Crippen molar-refractivity contribution >= 4 is 5.95 Å². The Kier molecular flexibility index (Phi) is 3.37. The predicted molar refractivity (Wildman–Crippen MR) is 74.9 cm³/mol. The summed E-state index contributed by atoms with van der Waals surface area (Å²) in [5.41, 5.74) is 2.04. The quantitative estimate of drug-likeness (QED) is 0.877. The molecule has 0 aliphatic carbocycles. The second-order valence-electron chi connectivity index (χ2n) is 4.81. The van der Waals surface area contributed by atoms with Crippen molar-refractivity contribution in [1.82, 2.24) is 20.3 Å². The van der Waals surface area contributed by atoms with E-state index in [0.717, 1.165) is 36.7 Å². The number of piperazine rings is 1. The van der Waals surface area contributed by atoms with Crippen LogP contribution in [0.15, 0.2) is 36.9 Å². The van der Waals surface area contributed by atoms with E-state index in [2.05, 4.69) is 32.1 Å². The van der Waals surface area contributed by atoms with Crippen LogP contribution in [-0.2, 0) is 0 Å². The maximum Gasteiger partial charge on any atom is 0.225 e. The van der Waals surface area contributed by atoms with E-state index in [9.17, 15) is 0 Å². The average molecular weight is 255 g/mol. The molecule has 3 rings (SSSR count). The van der Waals surface area contributed by atoms with Gasteiger partial charge in [-0.1, -0.05) is 6.07 Å². The van der Waals surface area contributed by atoms with Gasteiger partial charge in [-0.2, -0.15) is 0 Å². The minimum Gasteiger partial charge on any atom is -0.338 e. The molecule has 1 atom stereocenters. The lowest BCUT2D eigenvalue weighted by Crippen LogP contribution is -2.49. The highest BCUT2D eigenvalue weighted by Gasteiger charge is 2.17. The molecule has 2 aromatic rings. The lowest BCUT2D eigenvalue weighted by atomic mass is 10.1. The summed E-state index contributed by atoms with van der Waals surface area (Å²) in [5.74, 6) is 0.806. The zero-order valence-electron chi connectivity index (χ0n) is 11.0. The number of aromatic nitrogens is 3. The summed E-state index contributed by atoms with van der Waals surface area (Å²) in [6.45, 7) is 5.06. The third-order valence-corrected chi connectivity index (χ3v) is 3.28. The second kappa shape index (κ2) is 5.32. The van der Waals surface area contributed by atoms with Crippen LogP contribution in [-0.4, -0.2) is 40.6 Å². The highest BCUT2D eigenvalue weighted by Crippen LogP contribution is 2.18. The molecule has 5 nitrogen and oxygen atoms in total. The number of hydrogen-bond acceptors (Lipinski definition) is 5. The minimum atomic E-state index is 0.482. The number of anilines is 1. The molecule has 5 heteroatoms. The van der Waals surface area contributed by atoms with Gasteiger partial charge in [0.1, 0.15) is 0 Å². The Morgan fingerprint density at radius 3 is 2.74 bits per heavy atom. The van der Waals surface area contributed by atoms with E-state index in [1.54, 1.807) is 6.20 Å². The fourth-order valence-corrected chi connectivity index (χ4v) is 2.28.